The Hall–Kier alpha value is -3.85. The van der Waals surface area contributed by atoms with Gasteiger partial charge in [0.1, 0.15) is 12.6 Å². The summed E-state index contributed by atoms with van der Waals surface area (Å²) in [5.74, 6) is -0.796. The maximum absolute atomic E-state index is 14.6. The summed E-state index contributed by atoms with van der Waals surface area (Å²) in [6.45, 7) is 1.38. The van der Waals surface area contributed by atoms with Gasteiger partial charge in [-0.25, -0.2) is 8.42 Å². The average Bonchev–Trinajstić information content (AvgIpc) is 3.55. The number of amides is 2. The number of rotatable bonds is 12. The first-order valence-corrected chi connectivity index (χ1v) is 17.5. The molecule has 4 aromatic rings. The Balaban J connectivity index is 1.57. The summed E-state index contributed by atoms with van der Waals surface area (Å²) in [4.78, 5) is 30.2. The zero-order valence-electron chi connectivity index (χ0n) is 25.6. The van der Waals surface area contributed by atoms with E-state index < -0.39 is 28.5 Å². The molecule has 5 rings (SSSR count). The molecule has 0 radical (unpaired) electrons. The molecule has 240 valence electrons. The lowest BCUT2D eigenvalue weighted by Gasteiger charge is -2.34. The van der Waals surface area contributed by atoms with E-state index in [0.29, 0.717) is 15.7 Å². The molecule has 1 N–H and O–H groups in total. The van der Waals surface area contributed by atoms with E-state index in [2.05, 4.69) is 5.32 Å². The highest BCUT2D eigenvalue weighted by atomic mass is 35.5. The number of anilines is 1. The summed E-state index contributed by atoms with van der Waals surface area (Å²) in [5, 5.41) is 4.07. The van der Waals surface area contributed by atoms with Crippen LogP contribution < -0.4 is 9.62 Å². The zero-order chi connectivity index (χ0) is 32.7. The van der Waals surface area contributed by atoms with Gasteiger partial charge in [-0.05, 0) is 85.0 Å². The van der Waals surface area contributed by atoms with E-state index in [1.54, 1.807) is 36.4 Å². The van der Waals surface area contributed by atoms with Crippen LogP contribution in [0, 0.1) is 6.92 Å². The number of nitrogens with one attached hydrogen (secondary N) is 1. The van der Waals surface area contributed by atoms with Crippen LogP contribution in [0.15, 0.2) is 108 Å². The van der Waals surface area contributed by atoms with Gasteiger partial charge >= 0.3 is 0 Å². The second-order valence-electron chi connectivity index (χ2n) is 11.7. The van der Waals surface area contributed by atoms with Crippen LogP contribution in [0.1, 0.15) is 42.4 Å². The van der Waals surface area contributed by atoms with Crippen molar-refractivity contribution in [3.8, 4) is 0 Å². The van der Waals surface area contributed by atoms with E-state index in [-0.39, 0.29) is 29.8 Å². The lowest BCUT2D eigenvalue weighted by molar-refractivity contribution is -0.140. The number of nitrogens with zero attached hydrogens (tertiary/aromatic N) is 2. The van der Waals surface area contributed by atoms with Gasteiger partial charge in [-0.1, -0.05) is 90.6 Å². The number of hydrogen-bond acceptors (Lipinski definition) is 4. The number of carbonyl (C=O) groups is 2. The Labute approximate surface area is 281 Å². The second kappa shape index (κ2) is 15.2. The molecule has 46 heavy (non-hydrogen) atoms. The lowest BCUT2D eigenvalue weighted by atomic mass is 10.0. The number of carbonyl (C=O) groups excluding carboxylic acids is 2. The van der Waals surface area contributed by atoms with E-state index in [1.165, 1.54) is 29.2 Å². The van der Waals surface area contributed by atoms with Crippen molar-refractivity contribution < 1.29 is 18.0 Å². The van der Waals surface area contributed by atoms with Crippen molar-refractivity contribution in [3.05, 3.63) is 130 Å². The van der Waals surface area contributed by atoms with Crippen LogP contribution in [-0.2, 0) is 32.6 Å². The monoisotopic (exact) mass is 677 g/mol. The summed E-state index contributed by atoms with van der Waals surface area (Å²) in [7, 11) is -4.21. The van der Waals surface area contributed by atoms with Crippen molar-refractivity contribution in [2.24, 2.45) is 0 Å². The molecule has 1 aliphatic rings. The van der Waals surface area contributed by atoms with Crippen molar-refractivity contribution in [1.29, 1.82) is 0 Å². The Morgan fingerprint density at radius 3 is 2.17 bits per heavy atom. The number of aryl methyl sites for hydroxylation is 1. The minimum atomic E-state index is -4.21. The molecule has 1 atom stereocenters. The first-order chi connectivity index (χ1) is 22.1. The summed E-state index contributed by atoms with van der Waals surface area (Å²) in [6.07, 6.45) is 4.08. The maximum Gasteiger partial charge on any atom is 0.264 e. The average molecular weight is 679 g/mol. The minimum Gasteiger partial charge on any atom is -0.352 e. The summed E-state index contributed by atoms with van der Waals surface area (Å²) >= 11 is 12.4. The predicted octanol–water partition coefficient (Wildman–Crippen LogP) is 7.20. The van der Waals surface area contributed by atoms with Gasteiger partial charge in [0.2, 0.25) is 11.8 Å². The van der Waals surface area contributed by atoms with Gasteiger partial charge in [0.15, 0.2) is 0 Å². The molecule has 1 unspecified atom stereocenters. The maximum atomic E-state index is 14.6. The van der Waals surface area contributed by atoms with Crippen LogP contribution in [0.3, 0.4) is 0 Å². The standard InChI is InChI=1S/C36H37Cl2N3O4S/c1-26-9-7-16-32(21-26)41(46(44,45)33-19-17-29(37)18-20-33)25-35(42)40(24-28-12-8-13-30(38)22-28)34(23-27-10-3-2-4-11-27)36(43)39-31-14-5-6-15-31/h2-4,7-13,16-22,31,34H,5-6,14-15,23-25H2,1H3,(H,39,43). The van der Waals surface area contributed by atoms with Crippen LogP contribution in [0.25, 0.3) is 0 Å². The molecule has 0 aliphatic heterocycles. The SMILES string of the molecule is Cc1cccc(N(CC(=O)N(Cc2cccc(Cl)c2)C(Cc2ccccc2)C(=O)NC2CCCC2)S(=O)(=O)c2ccc(Cl)cc2)c1. The lowest BCUT2D eigenvalue weighted by Crippen LogP contribution is -2.54. The number of hydrogen-bond donors (Lipinski definition) is 1. The molecule has 0 bridgehead atoms. The minimum absolute atomic E-state index is 0.00703. The normalized spacial score (nSPS) is 14.1. The van der Waals surface area contributed by atoms with E-state index in [9.17, 15) is 18.0 Å². The predicted molar refractivity (Wildman–Crippen MR) is 183 cm³/mol. The van der Waals surface area contributed by atoms with Gasteiger partial charge < -0.3 is 10.2 Å². The van der Waals surface area contributed by atoms with E-state index in [1.807, 2.05) is 49.4 Å². The fourth-order valence-electron chi connectivity index (χ4n) is 5.80. The highest BCUT2D eigenvalue weighted by Gasteiger charge is 2.35. The molecule has 2 amide bonds. The summed E-state index contributed by atoms with van der Waals surface area (Å²) in [5.41, 5.74) is 2.76. The highest BCUT2D eigenvalue weighted by Crippen LogP contribution is 2.27. The highest BCUT2D eigenvalue weighted by molar-refractivity contribution is 7.92. The molecule has 7 nitrogen and oxygen atoms in total. The molecule has 4 aromatic carbocycles. The van der Waals surface area contributed by atoms with Gasteiger partial charge in [-0.15, -0.1) is 0 Å². The fourth-order valence-corrected chi connectivity index (χ4v) is 7.54. The first-order valence-electron chi connectivity index (χ1n) is 15.3. The molecule has 10 heteroatoms. The van der Waals surface area contributed by atoms with Crippen LogP contribution in [-0.4, -0.2) is 43.8 Å². The van der Waals surface area contributed by atoms with Crippen molar-refractivity contribution >= 4 is 50.7 Å². The molecule has 0 aromatic heterocycles. The number of benzene rings is 4. The Kier molecular flexibility index (Phi) is 11.0. The second-order valence-corrected chi connectivity index (χ2v) is 14.4. The Morgan fingerprint density at radius 1 is 0.826 bits per heavy atom. The quantitative estimate of drug-likeness (QED) is 0.172. The third-order valence-electron chi connectivity index (χ3n) is 8.18. The van der Waals surface area contributed by atoms with Gasteiger partial charge in [0, 0.05) is 29.1 Å². The molecule has 1 aliphatic carbocycles. The van der Waals surface area contributed by atoms with Gasteiger partial charge in [0.05, 0.1) is 10.6 Å². The molecule has 1 fully saturated rings. The molecule has 0 spiro atoms. The van der Waals surface area contributed by atoms with Crippen LogP contribution in [0.2, 0.25) is 10.0 Å². The van der Waals surface area contributed by atoms with Gasteiger partial charge in [0.25, 0.3) is 10.0 Å². The molecule has 0 saturated heterocycles. The Morgan fingerprint density at radius 2 is 1.50 bits per heavy atom. The van der Waals surface area contributed by atoms with Crippen LogP contribution >= 0.6 is 23.2 Å². The van der Waals surface area contributed by atoms with Crippen molar-refractivity contribution in [1.82, 2.24) is 10.2 Å². The van der Waals surface area contributed by atoms with Crippen molar-refractivity contribution in [3.63, 3.8) is 0 Å². The fraction of sp³-hybridized carbons (Fsp3) is 0.278. The van der Waals surface area contributed by atoms with Crippen molar-refractivity contribution in [2.45, 2.75) is 62.6 Å². The third kappa shape index (κ3) is 8.49. The molecule has 1 saturated carbocycles. The smallest absolute Gasteiger partial charge is 0.264 e. The molecule has 0 heterocycles. The number of sulfonamides is 1. The first kappa shape index (κ1) is 33.5. The summed E-state index contributed by atoms with van der Waals surface area (Å²) < 4.78 is 29.4. The largest absolute Gasteiger partial charge is 0.352 e. The van der Waals surface area contributed by atoms with Gasteiger partial charge in [-0.2, -0.15) is 0 Å². The van der Waals surface area contributed by atoms with Gasteiger partial charge in [-0.3, -0.25) is 13.9 Å². The van der Waals surface area contributed by atoms with E-state index in [4.69, 9.17) is 23.2 Å². The van der Waals surface area contributed by atoms with E-state index in [0.717, 1.165) is 46.7 Å². The Bertz CT molecular complexity index is 1760. The number of halogens is 2. The molecular weight excluding hydrogens is 641 g/mol. The van der Waals surface area contributed by atoms with Crippen LogP contribution in [0.4, 0.5) is 5.69 Å². The topological polar surface area (TPSA) is 86.8 Å². The van der Waals surface area contributed by atoms with Crippen molar-refractivity contribution in [2.75, 3.05) is 10.8 Å². The molecular formula is C36H37Cl2N3O4S. The van der Waals surface area contributed by atoms with E-state index >= 15 is 0 Å². The third-order valence-corrected chi connectivity index (χ3v) is 10.5. The zero-order valence-corrected chi connectivity index (χ0v) is 27.9. The van der Waals surface area contributed by atoms with Crippen LogP contribution in [0.5, 0.6) is 0 Å². The summed E-state index contributed by atoms with van der Waals surface area (Å²) in [6, 6.07) is 28.6.